The molecule has 0 bridgehead atoms. The van der Waals surface area contributed by atoms with E-state index in [1.807, 2.05) is 12.1 Å². The summed E-state index contributed by atoms with van der Waals surface area (Å²) in [6, 6.07) is 6.58. The number of rotatable bonds is 7. The number of nitrogens with two attached hydrogens (primary N) is 1. The summed E-state index contributed by atoms with van der Waals surface area (Å²) in [5.41, 5.74) is 6.63. The number of hydrogen-bond donors (Lipinski definition) is 3. The summed E-state index contributed by atoms with van der Waals surface area (Å²) in [7, 11) is 0. The smallest absolute Gasteiger partial charge is 0.303 e. The minimum atomic E-state index is -0.954. The standard InChI is InChI=1S/C13H17ClN2O3/c14-10-3-1-9(2-4-10)7-8-16-13(19)11(15)5-6-12(17)18/h1-4,11H,5-8,15H2,(H,16,19)(H,17,18). The van der Waals surface area contributed by atoms with E-state index in [0.717, 1.165) is 5.56 Å². The van der Waals surface area contributed by atoms with Crippen molar-refractivity contribution in [2.75, 3.05) is 6.54 Å². The van der Waals surface area contributed by atoms with E-state index in [0.29, 0.717) is 18.0 Å². The fraction of sp³-hybridized carbons (Fsp3) is 0.385. The van der Waals surface area contributed by atoms with Crippen molar-refractivity contribution in [2.45, 2.75) is 25.3 Å². The second kappa shape index (κ2) is 7.76. The molecule has 0 aliphatic heterocycles. The molecule has 1 aromatic carbocycles. The molecule has 4 N–H and O–H groups in total. The molecule has 1 unspecified atom stereocenters. The lowest BCUT2D eigenvalue weighted by atomic mass is 10.1. The Kier molecular flexibility index (Phi) is 6.32. The molecule has 5 nitrogen and oxygen atoms in total. The Hall–Kier alpha value is -1.59. The molecule has 0 spiro atoms. The number of carbonyl (C=O) groups is 2. The highest BCUT2D eigenvalue weighted by molar-refractivity contribution is 6.30. The molecule has 104 valence electrons. The van der Waals surface area contributed by atoms with E-state index < -0.39 is 12.0 Å². The summed E-state index contributed by atoms with van der Waals surface area (Å²) in [6.07, 6.45) is 0.711. The Bertz CT molecular complexity index is 434. The molecule has 0 saturated heterocycles. The highest BCUT2D eigenvalue weighted by Gasteiger charge is 2.13. The van der Waals surface area contributed by atoms with Crippen LogP contribution in [-0.2, 0) is 16.0 Å². The van der Waals surface area contributed by atoms with Gasteiger partial charge in [0, 0.05) is 18.0 Å². The summed E-state index contributed by atoms with van der Waals surface area (Å²) in [5.74, 6) is -1.28. The van der Waals surface area contributed by atoms with E-state index >= 15 is 0 Å². The van der Waals surface area contributed by atoms with Gasteiger partial charge in [-0.1, -0.05) is 23.7 Å². The number of hydrogen-bond acceptors (Lipinski definition) is 3. The maximum atomic E-state index is 11.5. The highest BCUT2D eigenvalue weighted by Crippen LogP contribution is 2.09. The van der Waals surface area contributed by atoms with Crippen molar-refractivity contribution in [3.8, 4) is 0 Å². The van der Waals surface area contributed by atoms with Gasteiger partial charge in [-0.05, 0) is 30.5 Å². The maximum absolute atomic E-state index is 11.5. The Morgan fingerprint density at radius 2 is 1.95 bits per heavy atom. The number of aliphatic carboxylic acids is 1. The number of halogens is 1. The quantitative estimate of drug-likeness (QED) is 0.701. The van der Waals surface area contributed by atoms with Crippen molar-refractivity contribution >= 4 is 23.5 Å². The summed E-state index contributed by atoms with van der Waals surface area (Å²) >= 11 is 5.76. The van der Waals surface area contributed by atoms with Gasteiger partial charge in [0.25, 0.3) is 0 Å². The summed E-state index contributed by atoms with van der Waals surface area (Å²) in [4.78, 5) is 21.9. The number of amides is 1. The lowest BCUT2D eigenvalue weighted by Crippen LogP contribution is -2.41. The summed E-state index contributed by atoms with van der Waals surface area (Å²) in [5, 5.41) is 11.8. The van der Waals surface area contributed by atoms with Crippen molar-refractivity contribution in [1.82, 2.24) is 5.32 Å². The molecule has 0 aliphatic rings. The molecule has 1 aromatic rings. The van der Waals surface area contributed by atoms with Gasteiger partial charge in [0.1, 0.15) is 0 Å². The Labute approximate surface area is 116 Å². The molecule has 0 aromatic heterocycles. The molecule has 0 saturated carbocycles. The van der Waals surface area contributed by atoms with E-state index in [-0.39, 0.29) is 18.7 Å². The number of carbonyl (C=O) groups excluding carboxylic acids is 1. The molecule has 0 radical (unpaired) electrons. The van der Waals surface area contributed by atoms with Gasteiger partial charge in [0.15, 0.2) is 0 Å². The third-order valence-electron chi connectivity index (χ3n) is 2.63. The van der Waals surface area contributed by atoms with Crippen LogP contribution in [0.15, 0.2) is 24.3 Å². The first-order valence-corrected chi connectivity index (χ1v) is 6.36. The van der Waals surface area contributed by atoms with Crippen LogP contribution in [0.5, 0.6) is 0 Å². The van der Waals surface area contributed by atoms with Crippen molar-refractivity contribution in [1.29, 1.82) is 0 Å². The van der Waals surface area contributed by atoms with Gasteiger partial charge >= 0.3 is 5.97 Å². The van der Waals surface area contributed by atoms with Gasteiger partial charge < -0.3 is 16.2 Å². The molecule has 1 rings (SSSR count). The Morgan fingerprint density at radius 3 is 2.53 bits per heavy atom. The van der Waals surface area contributed by atoms with Crippen LogP contribution in [0.2, 0.25) is 5.02 Å². The van der Waals surface area contributed by atoms with Crippen LogP contribution in [0.25, 0.3) is 0 Å². The van der Waals surface area contributed by atoms with E-state index in [1.165, 1.54) is 0 Å². The normalized spacial score (nSPS) is 11.9. The van der Waals surface area contributed by atoms with E-state index in [1.54, 1.807) is 12.1 Å². The van der Waals surface area contributed by atoms with Gasteiger partial charge in [-0.2, -0.15) is 0 Å². The van der Waals surface area contributed by atoms with Crippen LogP contribution in [0.3, 0.4) is 0 Å². The summed E-state index contributed by atoms with van der Waals surface area (Å²) < 4.78 is 0. The first-order chi connectivity index (χ1) is 8.99. The number of carboxylic acid groups (broad SMARTS) is 1. The lowest BCUT2D eigenvalue weighted by molar-refractivity contribution is -0.137. The van der Waals surface area contributed by atoms with Crippen LogP contribution in [0.1, 0.15) is 18.4 Å². The number of nitrogens with one attached hydrogen (secondary N) is 1. The minimum absolute atomic E-state index is 0.105. The predicted octanol–water partition coefficient (Wildman–Crippen LogP) is 1.19. The van der Waals surface area contributed by atoms with Gasteiger partial charge in [0.2, 0.25) is 5.91 Å². The molecule has 0 aliphatic carbocycles. The third-order valence-corrected chi connectivity index (χ3v) is 2.88. The van der Waals surface area contributed by atoms with Gasteiger partial charge in [-0.25, -0.2) is 0 Å². The molecule has 19 heavy (non-hydrogen) atoms. The Morgan fingerprint density at radius 1 is 1.32 bits per heavy atom. The van der Waals surface area contributed by atoms with Gasteiger partial charge in [0.05, 0.1) is 6.04 Å². The second-order valence-electron chi connectivity index (χ2n) is 4.21. The minimum Gasteiger partial charge on any atom is -0.481 e. The molecular weight excluding hydrogens is 268 g/mol. The van der Waals surface area contributed by atoms with Crippen LogP contribution in [0, 0.1) is 0 Å². The average molecular weight is 285 g/mol. The van der Waals surface area contributed by atoms with E-state index in [2.05, 4.69) is 5.32 Å². The number of carboxylic acids is 1. The topological polar surface area (TPSA) is 92.4 Å². The van der Waals surface area contributed by atoms with Crippen molar-refractivity contribution in [2.24, 2.45) is 5.73 Å². The third kappa shape index (κ3) is 6.22. The first kappa shape index (κ1) is 15.5. The zero-order valence-corrected chi connectivity index (χ0v) is 11.2. The molecule has 0 fully saturated rings. The van der Waals surface area contributed by atoms with Gasteiger partial charge in [-0.3, -0.25) is 9.59 Å². The zero-order valence-electron chi connectivity index (χ0n) is 10.4. The van der Waals surface area contributed by atoms with E-state index in [4.69, 9.17) is 22.4 Å². The van der Waals surface area contributed by atoms with Crippen LogP contribution >= 0.6 is 11.6 Å². The van der Waals surface area contributed by atoms with Crippen molar-refractivity contribution < 1.29 is 14.7 Å². The van der Waals surface area contributed by atoms with Crippen LogP contribution in [0.4, 0.5) is 0 Å². The molecule has 1 amide bonds. The monoisotopic (exact) mass is 284 g/mol. The molecule has 6 heteroatoms. The Balaban J connectivity index is 2.26. The molecule has 1 atom stereocenters. The molecule has 0 heterocycles. The largest absolute Gasteiger partial charge is 0.481 e. The second-order valence-corrected chi connectivity index (χ2v) is 4.64. The predicted molar refractivity (Wildman–Crippen MR) is 73.0 cm³/mol. The lowest BCUT2D eigenvalue weighted by Gasteiger charge is -2.11. The van der Waals surface area contributed by atoms with Crippen molar-refractivity contribution in [3.63, 3.8) is 0 Å². The zero-order chi connectivity index (χ0) is 14.3. The van der Waals surface area contributed by atoms with Crippen LogP contribution < -0.4 is 11.1 Å². The summed E-state index contributed by atoms with van der Waals surface area (Å²) in [6.45, 7) is 0.460. The van der Waals surface area contributed by atoms with E-state index in [9.17, 15) is 9.59 Å². The van der Waals surface area contributed by atoms with Crippen LogP contribution in [-0.4, -0.2) is 29.6 Å². The number of benzene rings is 1. The maximum Gasteiger partial charge on any atom is 0.303 e. The fourth-order valence-corrected chi connectivity index (χ4v) is 1.65. The SMILES string of the molecule is NC(CCC(=O)O)C(=O)NCCc1ccc(Cl)cc1. The van der Waals surface area contributed by atoms with Crippen molar-refractivity contribution in [3.05, 3.63) is 34.9 Å². The molecular formula is C13H17ClN2O3. The fourth-order valence-electron chi connectivity index (χ4n) is 1.52. The first-order valence-electron chi connectivity index (χ1n) is 5.98. The average Bonchev–Trinajstić information content (AvgIpc) is 2.38. The highest BCUT2D eigenvalue weighted by atomic mass is 35.5. The van der Waals surface area contributed by atoms with Gasteiger partial charge in [-0.15, -0.1) is 0 Å².